The van der Waals surface area contributed by atoms with E-state index in [1.54, 1.807) is 0 Å². The van der Waals surface area contributed by atoms with Crippen molar-refractivity contribution >= 4 is 0 Å². The van der Waals surface area contributed by atoms with Crippen LogP contribution >= 0.6 is 0 Å². The molecule has 0 amide bonds. The lowest BCUT2D eigenvalue weighted by Crippen LogP contribution is -2.13. The van der Waals surface area contributed by atoms with E-state index in [0.717, 1.165) is 34.9 Å². The summed E-state index contributed by atoms with van der Waals surface area (Å²) in [5.74, 6) is 15.0. The molecule has 0 aromatic heterocycles. The molecule has 0 heteroatoms. The van der Waals surface area contributed by atoms with E-state index < -0.39 is 0 Å². The highest BCUT2D eigenvalue weighted by atomic mass is 14.3. The highest BCUT2D eigenvalue weighted by molar-refractivity contribution is 5.46. The number of benzene rings is 2. The average molecular weight is 467 g/mol. The van der Waals surface area contributed by atoms with Gasteiger partial charge in [-0.25, -0.2) is 0 Å². The molecule has 2 aromatic rings. The Morgan fingerprint density at radius 2 is 1.09 bits per heavy atom. The molecule has 1 aliphatic rings. The molecule has 0 radical (unpaired) electrons. The Hall–Kier alpha value is -2.44. The summed E-state index contributed by atoms with van der Waals surface area (Å²) < 4.78 is 0. The fourth-order valence-electron chi connectivity index (χ4n) is 5.25. The second-order valence-electron chi connectivity index (χ2n) is 10.5. The third-order valence-corrected chi connectivity index (χ3v) is 7.57. The molecule has 0 unspecified atom stereocenters. The van der Waals surface area contributed by atoms with Gasteiger partial charge in [-0.15, -0.1) is 0 Å². The van der Waals surface area contributed by atoms with Gasteiger partial charge in [0.15, 0.2) is 0 Å². The summed E-state index contributed by atoms with van der Waals surface area (Å²) in [5, 5.41) is 0. The van der Waals surface area contributed by atoms with E-state index in [0.29, 0.717) is 0 Å². The summed E-state index contributed by atoms with van der Waals surface area (Å²) in [6, 6.07) is 17.4. The lowest BCUT2D eigenvalue weighted by Gasteiger charge is -2.29. The first kappa shape index (κ1) is 27.2. The van der Waals surface area contributed by atoms with E-state index in [-0.39, 0.29) is 0 Å². The van der Waals surface area contributed by atoms with E-state index >= 15 is 0 Å². The lowest BCUT2D eigenvalue weighted by molar-refractivity contribution is 0.302. The maximum Gasteiger partial charge on any atom is 0.0249 e. The topological polar surface area (TPSA) is 0 Å². The molecular weight excluding hydrogens is 420 g/mol. The van der Waals surface area contributed by atoms with Crippen LogP contribution in [0.5, 0.6) is 0 Å². The molecule has 3 rings (SSSR count). The number of rotatable bonds is 11. The zero-order chi connectivity index (χ0) is 24.6. The van der Waals surface area contributed by atoms with Gasteiger partial charge in [0.1, 0.15) is 0 Å². The monoisotopic (exact) mass is 466 g/mol. The van der Waals surface area contributed by atoms with Gasteiger partial charge in [-0.3, -0.25) is 0 Å². The zero-order valence-electron chi connectivity index (χ0n) is 22.4. The molecule has 0 nitrogen and oxygen atoms in total. The second-order valence-corrected chi connectivity index (χ2v) is 10.5. The van der Waals surface area contributed by atoms with Crippen molar-refractivity contribution in [2.75, 3.05) is 0 Å². The highest BCUT2D eigenvalue weighted by Gasteiger charge is 2.21. The van der Waals surface area contributed by atoms with E-state index in [1.807, 2.05) is 0 Å². The Morgan fingerprint density at radius 3 is 1.69 bits per heavy atom. The molecule has 1 fully saturated rings. The molecule has 1 aliphatic carbocycles. The van der Waals surface area contributed by atoms with Crippen LogP contribution in [0.4, 0.5) is 0 Å². The summed E-state index contributed by atoms with van der Waals surface area (Å²) in [5.41, 5.74) is 4.75. The van der Waals surface area contributed by atoms with Crippen molar-refractivity contribution in [3.8, 4) is 23.7 Å². The summed E-state index contributed by atoms with van der Waals surface area (Å²) >= 11 is 0. The van der Waals surface area contributed by atoms with Gasteiger partial charge >= 0.3 is 0 Å². The minimum absolute atomic E-state index is 0.744. The molecule has 0 atom stereocenters. The van der Waals surface area contributed by atoms with Crippen molar-refractivity contribution in [1.82, 2.24) is 0 Å². The Kier molecular flexibility index (Phi) is 12.6. The maximum atomic E-state index is 3.34. The van der Waals surface area contributed by atoms with Crippen LogP contribution in [0.25, 0.3) is 0 Å². The first-order valence-corrected chi connectivity index (χ1v) is 14.5. The Labute approximate surface area is 216 Å². The van der Waals surface area contributed by atoms with E-state index in [1.165, 1.54) is 95.5 Å². The summed E-state index contributed by atoms with van der Waals surface area (Å²) in [6.07, 6.45) is 20.2. The fraction of sp³-hybridized carbons (Fsp3) is 0.543. The lowest BCUT2D eigenvalue weighted by atomic mass is 9.77. The minimum atomic E-state index is 0.744. The van der Waals surface area contributed by atoms with Gasteiger partial charge in [-0.1, -0.05) is 107 Å². The zero-order valence-corrected chi connectivity index (χ0v) is 22.4. The first-order chi connectivity index (χ1) is 17.3. The van der Waals surface area contributed by atoms with Crippen LogP contribution in [0.3, 0.4) is 0 Å². The standard InChI is InChI=1S/C35H46/c1-3-5-7-9-11-13-14-30-16-18-32(19-17-30)20-21-33-24-28-35(29-25-33)34-26-22-31(23-27-34)15-12-10-8-6-4-2/h16-19,24-25,28-29,31,34H,3-12,15,22-23,26-27H2,1-2H3. The van der Waals surface area contributed by atoms with Crippen molar-refractivity contribution in [2.24, 2.45) is 5.92 Å². The molecule has 0 saturated heterocycles. The Bertz CT molecular complexity index is 947. The fourth-order valence-corrected chi connectivity index (χ4v) is 5.25. The number of hydrogen-bond acceptors (Lipinski definition) is 0. The van der Waals surface area contributed by atoms with Crippen LogP contribution in [0, 0.1) is 29.6 Å². The Morgan fingerprint density at radius 1 is 0.571 bits per heavy atom. The number of unbranched alkanes of at least 4 members (excludes halogenated alkanes) is 8. The van der Waals surface area contributed by atoms with Crippen molar-refractivity contribution in [3.05, 3.63) is 70.8 Å². The van der Waals surface area contributed by atoms with E-state index in [4.69, 9.17) is 0 Å². The molecule has 2 aromatic carbocycles. The van der Waals surface area contributed by atoms with Crippen molar-refractivity contribution in [2.45, 2.75) is 116 Å². The average Bonchev–Trinajstić information content (AvgIpc) is 2.91. The van der Waals surface area contributed by atoms with Gasteiger partial charge in [0.05, 0.1) is 0 Å². The van der Waals surface area contributed by atoms with Crippen molar-refractivity contribution < 1.29 is 0 Å². The van der Waals surface area contributed by atoms with Gasteiger partial charge in [-0.2, -0.15) is 0 Å². The summed E-state index contributed by atoms with van der Waals surface area (Å²) in [6.45, 7) is 4.54. The van der Waals surface area contributed by atoms with E-state index in [9.17, 15) is 0 Å². The molecule has 0 aliphatic heterocycles. The molecule has 35 heavy (non-hydrogen) atoms. The molecular formula is C35H46. The summed E-state index contributed by atoms with van der Waals surface area (Å²) in [7, 11) is 0. The van der Waals surface area contributed by atoms with Crippen LogP contribution in [0.15, 0.2) is 48.5 Å². The van der Waals surface area contributed by atoms with Crippen LogP contribution in [0.1, 0.15) is 138 Å². The second kappa shape index (κ2) is 16.3. The van der Waals surface area contributed by atoms with Crippen LogP contribution in [-0.2, 0) is 0 Å². The van der Waals surface area contributed by atoms with Crippen molar-refractivity contribution in [3.63, 3.8) is 0 Å². The molecule has 0 N–H and O–H groups in total. The van der Waals surface area contributed by atoms with Gasteiger partial charge in [-0.05, 0) is 85.9 Å². The van der Waals surface area contributed by atoms with Gasteiger partial charge in [0, 0.05) is 23.1 Å². The molecule has 0 bridgehead atoms. The van der Waals surface area contributed by atoms with Crippen LogP contribution in [0.2, 0.25) is 0 Å². The van der Waals surface area contributed by atoms with Gasteiger partial charge < -0.3 is 0 Å². The molecule has 0 spiro atoms. The number of hydrogen-bond donors (Lipinski definition) is 0. The van der Waals surface area contributed by atoms with Gasteiger partial charge in [0.25, 0.3) is 0 Å². The quantitative estimate of drug-likeness (QED) is 0.228. The highest BCUT2D eigenvalue weighted by Crippen LogP contribution is 2.37. The maximum absolute atomic E-state index is 3.34. The van der Waals surface area contributed by atoms with Crippen molar-refractivity contribution in [1.29, 1.82) is 0 Å². The predicted molar refractivity (Wildman–Crippen MR) is 153 cm³/mol. The molecule has 186 valence electrons. The normalized spacial score (nSPS) is 17.2. The smallest absolute Gasteiger partial charge is 0.0249 e. The molecule has 0 heterocycles. The Balaban J connectivity index is 1.42. The summed E-state index contributed by atoms with van der Waals surface area (Å²) in [4.78, 5) is 0. The SMILES string of the molecule is CCCCCCC#Cc1ccc(C#Cc2ccc(C3CCC(CCCCCCC)CC3)cc2)cc1. The van der Waals surface area contributed by atoms with Crippen LogP contribution < -0.4 is 0 Å². The molecule has 1 saturated carbocycles. The largest absolute Gasteiger partial charge is 0.0979 e. The third-order valence-electron chi connectivity index (χ3n) is 7.57. The van der Waals surface area contributed by atoms with Gasteiger partial charge in [0.2, 0.25) is 0 Å². The predicted octanol–water partition coefficient (Wildman–Crippen LogP) is 10.0. The minimum Gasteiger partial charge on any atom is -0.0979 e. The van der Waals surface area contributed by atoms with E-state index in [2.05, 4.69) is 86.1 Å². The third kappa shape index (κ3) is 10.4. The first-order valence-electron chi connectivity index (χ1n) is 14.5. The van der Waals surface area contributed by atoms with Crippen LogP contribution in [-0.4, -0.2) is 0 Å².